The van der Waals surface area contributed by atoms with Gasteiger partial charge in [0.1, 0.15) is 5.84 Å². The highest BCUT2D eigenvalue weighted by Gasteiger charge is 2.34. The van der Waals surface area contributed by atoms with Gasteiger partial charge >= 0.3 is 0 Å². The lowest BCUT2D eigenvalue weighted by Gasteiger charge is -2.46. The first-order chi connectivity index (χ1) is 7.26. The van der Waals surface area contributed by atoms with Gasteiger partial charge in [-0.25, -0.2) is 0 Å². The van der Waals surface area contributed by atoms with Gasteiger partial charge in [-0.1, -0.05) is 13.8 Å². The SMILES string of the molecule is CC(=N)N1CCN(C(C)(C)C(C)C)CC1=N. The Hall–Kier alpha value is -0.900. The number of nitrogens with one attached hydrogen (secondary N) is 2. The van der Waals surface area contributed by atoms with Gasteiger partial charge in [0.25, 0.3) is 0 Å². The summed E-state index contributed by atoms with van der Waals surface area (Å²) < 4.78 is 0. The van der Waals surface area contributed by atoms with E-state index in [1.54, 1.807) is 11.8 Å². The molecule has 0 bridgehead atoms. The van der Waals surface area contributed by atoms with E-state index in [2.05, 4.69) is 32.6 Å². The topological polar surface area (TPSA) is 54.2 Å². The second kappa shape index (κ2) is 4.53. The molecule has 0 saturated carbocycles. The summed E-state index contributed by atoms with van der Waals surface area (Å²) in [6.45, 7) is 13.0. The van der Waals surface area contributed by atoms with E-state index in [0.29, 0.717) is 24.1 Å². The van der Waals surface area contributed by atoms with Gasteiger partial charge in [0.05, 0.1) is 12.4 Å². The Morgan fingerprint density at radius 1 is 1.31 bits per heavy atom. The molecule has 0 unspecified atom stereocenters. The molecule has 0 aromatic heterocycles. The maximum Gasteiger partial charge on any atom is 0.116 e. The fourth-order valence-corrected chi connectivity index (χ4v) is 1.93. The molecule has 0 aromatic carbocycles. The van der Waals surface area contributed by atoms with Gasteiger partial charge in [-0.05, 0) is 26.7 Å². The Bertz CT molecular complexity index is 293. The summed E-state index contributed by atoms with van der Waals surface area (Å²) in [4.78, 5) is 4.13. The number of hydrogen-bond acceptors (Lipinski definition) is 3. The van der Waals surface area contributed by atoms with Crippen LogP contribution in [0.25, 0.3) is 0 Å². The maximum absolute atomic E-state index is 7.97. The molecule has 92 valence electrons. The van der Waals surface area contributed by atoms with E-state index in [-0.39, 0.29) is 5.54 Å². The lowest BCUT2D eigenvalue weighted by Crippen LogP contribution is -2.59. The van der Waals surface area contributed by atoms with Gasteiger partial charge < -0.3 is 4.90 Å². The highest BCUT2D eigenvalue weighted by atomic mass is 15.3. The normalized spacial score (nSPS) is 19.4. The summed E-state index contributed by atoms with van der Waals surface area (Å²) in [5.41, 5.74) is 0.119. The minimum absolute atomic E-state index is 0.119. The Balaban J connectivity index is 2.72. The van der Waals surface area contributed by atoms with Crippen LogP contribution in [0.4, 0.5) is 0 Å². The van der Waals surface area contributed by atoms with Gasteiger partial charge in [0.2, 0.25) is 0 Å². The first-order valence-corrected chi connectivity index (χ1v) is 5.92. The quantitative estimate of drug-likeness (QED) is 0.557. The summed E-state index contributed by atoms with van der Waals surface area (Å²) in [5, 5.41) is 15.6. The van der Waals surface area contributed by atoms with E-state index in [0.717, 1.165) is 13.1 Å². The van der Waals surface area contributed by atoms with Crippen molar-refractivity contribution in [1.82, 2.24) is 9.80 Å². The van der Waals surface area contributed by atoms with Crippen LogP contribution in [0.3, 0.4) is 0 Å². The van der Waals surface area contributed by atoms with E-state index < -0.39 is 0 Å². The molecule has 0 spiro atoms. The number of amidine groups is 2. The van der Waals surface area contributed by atoms with Crippen molar-refractivity contribution >= 4 is 11.7 Å². The van der Waals surface area contributed by atoms with Crippen molar-refractivity contribution in [1.29, 1.82) is 10.8 Å². The summed E-state index contributed by atoms with van der Waals surface area (Å²) >= 11 is 0. The molecule has 0 aliphatic carbocycles. The fourth-order valence-electron chi connectivity index (χ4n) is 1.93. The Morgan fingerprint density at radius 2 is 1.88 bits per heavy atom. The average molecular weight is 224 g/mol. The number of piperazine rings is 1. The minimum atomic E-state index is 0.119. The van der Waals surface area contributed by atoms with Crippen molar-refractivity contribution in [2.45, 2.75) is 40.2 Å². The number of hydrogen-bond donors (Lipinski definition) is 2. The first kappa shape index (κ1) is 13.2. The molecule has 1 heterocycles. The van der Waals surface area contributed by atoms with Crippen LogP contribution in [0.2, 0.25) is 0 Å². The van der Waals surface area contributed by atoms with E-state index in [4.69, 9.17) is 10.8 Å². The molecule has 0 amide bonds. The molecular weight excluding hydrogens is 200 g/mol. The largest absolute Gasteiger partial charge is 0.317 e. The summed E-state index contributed by atoms with van der Waals surface area (Å²) in [6, 6.07) is 0. The van der Waals surface area contributed by atoms with Crippen LogP contribution < -0.4 is 0 Å². The van der Waals surface area contributed by atoms with Gasteiger partial charge in [-0.15, -0.1) is 0 Å². The van der Waals surface area contributed by atoms with Crippen molar-refractivity contribution < 1.29 is 0 Å². The lowest BCUT2D eigenvalue weighted by molar-refractivity contribution is 0.0777. The first-order valence-electron chi connectivity index (χ1n) is 5.92. The van der Waals surface area contributed by atoms with Crippen LogP contribution in [0, 0.1) is 16.7 Å². The van der Waals surface area contributed by atoms with Crippen molar-refractivity contribution in [3.8, 4) is 0 Å². The second-order valence-electron chi connectivity index (χ2n) is 5.41. The Morgan fingerprint density at radius 3 is 2.25 bits per heavy atom. The molecule has 1 aliphatic rings. The van der Waals surface area contributed by atoms with Crippen molar-refractivity contribution in [3.63, 3.8) is 0 Å². The molecule has 16 heavy (non-hydrogen) atoms. The summed E-state index contributed by atoms with van der Waals surface area (Å²) in [5.74, 6) is 1.59. The molecule has 1 rings (SSSR count). The van der Waals surface area contributed by atoms with E-state index >= 15 is 0 Å². The standard InChI is InChI=1S/C12H24N4/c1-9(2)12(4,5)15-6-7-16(10(3)13)11(14)8-15/h9,13-14H,6-8H2,1-5H3. The maximum atomic E-state index is 7.97. The fraction of sp³-hybridized carbons (Fsp3) is 0.833. The van der Waals surface area contributed by atoms with Gasteiger partial charge in [0.15, 0.2) is 0 Å². The zero-order valence-electron chi connectivity index (χ0n) is 11.1. The zero-order valence-corrected chi connectivity index (χ0v) is 11.1. The van der Waals surface area contributed by atoms with Crippen LogP contribution in [-0.4, -0.2) is 46.6 Å². The molecule has 4 heteroatoms. The molecule has 2 N–H and O–H groups in total. The van der Waals surface area contributed by atoms with E-state index in [9.17, 15) is 0 Å². The third kappa shape index (κ3) is 2.43. The lowest BCUT2D eigenvalue weighted by atomic mass is 9.88. The summed E-state index contributed by atoms with van der Waals surface area (Å²) in [7, 11) is 0. The molecule has 4 nitrogen and oxygen atoms in total. The highest BCUT2D eigenvalue weighted by molar-refractivity contribution is 5.98. The van der Waals surface area contributed by atoms with Crippen LogP contribution in [0.5, 0.6) is 0 Å². The van der Waals surface area contributed by atoms with Gasteiger partial charge in [-0.3, -0.25) is 15.7 Å². The van der Waals surface area contributed by atoms with E-state index in [1.807, 2.05) is 0 Å². The van der Waals surface area contributed by atoms with Crippen molar-refractivity contribution in [2.24, 2.45) is 5.92 Å². The van der Waals surface area contributed by atoms with Crippen LogP contribution >= 0.6 is 0 Å². The average Bonchev–Trinajstić information content (AvgIpc) is 2.16. The molecule has 0 aromatic rings. The third-order valence-electron chi connectivity index (χ3n) is 3.89. The Labute approximate surface area is 98.6 Å². The molecule has 1 fully saturated rings. The highest BCUT2D eigenvalue weighted by Crippen LogP contribution is 2.25. The second-order valence-corrected chi connectivity index (χ2v) is 5.41. The number of rotatable bonds is 2. The zero-order chi connectivity index (χ0) is 12.5. The predicted molar refractivity (Wildman–Crippen MR) is 68.3 cm³/mol. The minimum Gasteiger partial charge on any atom is -0.317 e. The van der Waals surface area contributed by atoms with Gasteiger partial charge in [-0.2, -0.15) is 0 Å². The van der Waals surface area contributed by atoms with Crippen molar-refractivity contribution in [2.75, 3.05) is 19.6 Å². The summed E-state index contributed by atoms with van der Waals surface area (Å²) in [6.07, 6.45) is 0. The number of nitrogens with zero attached hydrogens (tertiary/aromatic N) is 2. The van der Waals surface area contributed by atoms with E-state index in [1.165, 1.54) is 0 Å². The van der Waals surface area contributed by atoms with Crippen molar-refractivity contribution in [3.05, 3.63) is 0 Å². The molecule has 1 aliphatic heterocycles. The van der Waals surface area contributed by atoms with Crippen LogP contribution in [-0.2, 0) is 0 Å². The van der Waals surface area contributed by atoms with Crippen LogP contribution in [0.1, 0.15) is 34.6 Å². The molecular formula is C12H24N4. The third-order valence-corrected chi connectivity index (χ3v) is 3.89. The smallest absolute Gasteiger partial charge is 0.116 e. The Kier molecular flexibility index (Phi) is 3.73. The monoisotopic (exact) mass is 224 g/mol. The molecule has 1 saturated heterocycles. The van der Waals surface area contributed by atoms with Gasteiger partial charge in [0, 0.05) is 18.6 Å². The molecule has 0 radical (unpaired) electrons. The predicted octanol–water partition coefficient (Wildman–Crippen LogP) is 2.01. The molecule has 0 atom stereocenters. The van der Waals surface area contributed by atoms with Crippen LogP contribution in [0.15, 0.2) is 0 Å².